The van der Waals surface area contributed by atoms with E-state index in [1.165, 1.54) is 0 Å². The Hall–Kier alpha value is -1.62. The van der Waals surface area contributed by atoms with Crippen LogP contribution >= 0.6 is 0 Å². The fourth-order valence-electron chi connectivity index (χ4n) is 2.58. The van der Waals surface area contributed by atoms with Gasteiger partial charge in [-0.3, -0.25) is 0 Å². The van der Waals surface area contributed by atoms with E-state index in [-0.39, 0.29) is 0 Å². The van der Waals surface area contributed by atoms with Gasteiger partial charge < -0.3 is 10.6 Å². The van der Waals surface area contributed by atoms with Crippen LogP contribution in [0.2, 0.25) is 0 Å². The molecular formula is C13H19N5. The largest absolute Gasteiger partial charge is 0.384 e. The van der Waals surface area contributed by atoms with E-state index in [1.807, 2.05) is 18.2 Å². The number of rotatable bonds is 2. The summed E-state index contributed by atoms with van der Waals surface area (Å²) in [6.45, 7) is 6.65. The lowest BCUT2D eigenvalue weighted by atomic mass is 10.1. The number of likely N-dealkylation sites (tertiary alicyclic amines) is 1. The van der Waals surface area contributed by atoms with E-state index < -0.39 is 0 Å². The van der Waals surface area contributed by atoms with E-state index in [9.17, 15) is 0 Å². The summed E-state index contributed by atoms with van der Waals surface area (Å²) in [6, 6.07) is 6.30. The number of pyridine rings is 1. The van der Waals surface area contributed by atoms with E-state index in [0.29, 0.717) is 17.8 Å². The molecule has 0 aliphatic carbocycles. The molecule has 18 heavy (non-hydrogen) atoms. The first-order chi connectivity index (χ1) is 8.65. The summed E-state index contributed by atoms with van der Waals surface area (Å²) < 4.78 is 1.73. The molecule has 1 aliphatic rings. The van der Waals surface area contributed by atoms with Crippen LogP contribution < -0.4 is 5.73 Å². The highest BCUT2D eigenvalue weighted by molar-refractivity contribution is 5.46. The molecule has 0 saturated carbocycles. The second-order valence-corrected chi connectivity index (χ2v) is 5.26. The van der Waals surface area contributed by atoms with Gasteiger partial charge in [0.05, 0.1) is 0 Å². The third-order valence-electron chi connectivity index (χ3n) is 3.72. The molecule has 1 atom stereocenters. The quantitative estimate of drug-likeness (QED) is 0.871. The van der Waals surface area contributed by atoms with Crippen LogP contribution in [0.3, 0.4) is 0 Å². The second-order valence-electron chi connectivity index (χ2n) is 5.26. The van der Waals surface area contributed by atoms with Crippen molar-refractivity contribution in [2.24, 2.45) is 0 Å². The van der Waals surface area contributed by atoms with Gasteiger partial charge in [0, 0.05) is 18.5 Å². The van der Waals surface area contributed by atoms with Crippen molar-refractivity contribution in [1.29, 1.82) is 0 Å². The maximum atomic E-state index is 5.89. The molecule has 96 valence electrons. The Balaban J connectivity index is 1.89. The second kappa shape index (κ2) is 4.24. The number of nitrogens with two attached hydrogens (primary N) is 1. The summed E-state index contributed by atoms with van der Waals surface area (Å²) in [7, 11) is 0. The van der Waals surface area contributed by atoms with Gasteiger partial charge in [-0.1, -0.05) is 6.07 Å². The van der Waals surface area contributed by atoms with Gasteiger partial charge in [0.2, 0.25) is 0 Å². The summed E-state index contributed by atoms with van der Waals surface area (Å²) in [4.78, 5) is 7.07. The molecule has 5 heteroatoms. The standard InChI is InChI=1S/C13H19N5/c1-9(2)17-7-6-10(8-17)13-15-12-5-3-4-11(14)18(12)16-13/h3-5,9-10H,6-8,14H2,1-2H3. The lowest BCUT2D eigenvalue weighted by Gasteiger charge is -2.19. The van der Waals surface area contributed by atoms with Gasteiger partial charge in [0.1, 0.15) is 5.82 Å². The fourth-order valence-corrected chi connectivity index (χ4v) is 2.58. The van der Waals surface area contributed by atoms with Crippen LogP contribution in [-0.2, 0) is 0 Å². The van der Waals surface area contributed by atoms with Gasteiger partial charge in [0.15, 0.2) is 11.5 Å². The van der Waals surface area contributed by atoms with Crippen molar-refractivity contribution >= 4 is 11.5 Å². The van der Waals surface area contributed by atoms with Gasteiger partial charge in [-0.2, -0.15) is 4.52 Å². The normalized spacial score (nSPS) is 21.2. The monoisotopic (exact) mass is 245 g/mol. The maximum Gasteiger partial charge on any atom is 0.157 e. The van der Waals surface area contributed by atoms with E-state index >= 15 is 0 Å². The Morgan fingerprint density at radius 2 is 2.22 bits per heavy atom. The SMILES string of the molecule is CC(C)N1CCC(c2nc3cccc(N)n3n2)C1. The molecule has 2 aromatic rings. The van der Waals surface area contributed by atoms with Gasteiger partial charge >= 0.3 is 0 Å². The van der Waals surface area contributed by atoms with Crippen molar-refractivity contribution in [1.82, 2.24) is 19.5 Å². The van der Waals surface area contributed by atoms with Gasteiger partial charge in [-0.15, -0.1) is 5.10 Å². The number of nitrogen functional groups attached to an aromatic ring is 1. The highest BCUT2D eigenvalue weighted by atomic mass is 15.3. The summed E-state index contributed by atoms with van der Waals surface area (Å²) in [6.07, 6.45) is 1.13. The summed E-state index contributed by atoms with van der Waals surface area (Å²) in [5, 5.41) is 4.54. The van der Waals surface area contributed by atoms with Crippen molar-refractivity contribution in [3.63, 3.8) is 0 Å². The van der Waals surface area contributed by atoms with E-state index in [2.05, 4.69) is 28.8 Å². The van der Waals surface area contributed by atoms with Crippen LogP contribution in [0.1, 0.15) is 32.0 Å². The highest BCUT2D eigenvalue weighted by Gasteiger charge is 2.28. The topological polar surface area (TPSA) is 59.5 Å². The number of nitrogens with zero attached hydrogens (tertiary/aromatic N) is 4. The molecule has 1 unspecified atom stereocenters. The minimum absolute atomic E-state index is 0.437. The molecule has 2 aromatic heterocycles. The van der Waals surface area contributed by atoms with Crippen molar-refractivity contribution in [2.75, 3.05) is 18.8 Å². The summed E-state index contributed by atoms with van der Waals surface area (Å²) in [5.74, 6) is 2.01. The van der Waals surface area contributed by atoms with Crippen molar-refractivity contribution < 1.29 is 0 Å². The minimum Gasteiger partial charge on any atom is -0.384 e. The third-order valence-corrected chi connectivity index (χ3v) is 3.72. The zero-order valence-electron chi connectivity index (χ0n) is 10.9. The molecule has 1 fully saturated rings. The molecule has 5 nitrogen and oxygen atoms in total. The zero-order chi connectivity index (χ0) is 12.7. The van der Waals surface area contributed by atoms with Crippen molar-refractivity contribution in [3.05, 3.63) is 24.0 Å². The summed E-state index contributed by atoms with van der Waals surface area (Å²) in [5.41, 5.74) is 6.73. The number of hydrogen-bond donors (Lipinski definition) is 1. The first kappa shape index (κ1) is 11.5. The average molecular weight is 245 g/mol. The van der Waals surface area contributed by atoms with E-state index in [1.54, 1.807) is 4.52 Å². The predicted octanol–water partition coefficient (Wildman–Crippen LogP) is 1.51. The average Bonchev–Trinajstić information content (AvgIpc) is 2.95. The van der Waals surface area contributed by atoms with Crippen LogP contribution in [-0.4, -0.2) is 38.6 Å². The molecule has 0 aromatic carbocycles. The molecule has 1 saturated heterocycles. The molecule has 0 bridgehead atoms. The van der Waals surface area contributed by atoms with Crippen molar-refractivity contribution in [2.45, 2.75) is 32.2 Å². The number of hydrogen-bond acceptors (Lipinski definition) is 4. The molecule has 0 spiro atoms. The Kier molecular flexibility index (Phi) is 2.70. The number of fused-ring (bicyclic) bond motifs is 1. The fraction of sp³-hybridized carbons (Fsp3) is 0.538. The lowest BCUT2D eigenvalue weighted by Crippen LogP contribution is -2.28. The van der Waals surface area contributed by atoms with E-state index in [0.717, 1.165) is 31.0 Å². The zero-order valence-corrected chi connectivity index (χ0v) is 10.9. The van der Waals surface area contributed by atoms with Crippen LogP contribution in [0, 0.1) is 0 Å². The molecular weight excluding hydrogens is 226 g/mol. The Bertz CT molecular complexity index is 560. The Labute approximate surface area is 107 Å². The lowest BCUT2D eigenvalue weighted by molar-refractivity contribution is 0.272. The van der Waals surface area contributed by atoms with Gasteiger partial charge in [-0.25, -0.2) is 4.98 Å². The molecule has 0 amide bonds. The van der Waals surface area contributed by atoms with Gasteiger partial charge in [-0.05, 0) is 38.9 Å². The van der Waals surface area contributed by atoms with Crippen LogP contribution in [0.5, 0.6) is 0 Å². The third kappa shape index (κ3) is 1.84. The van der Waals surface area contributed by atoms with Crippen LogP contribution in [0.15, 0.2) is 18.2 Å². The summed E-state index contributed by atoms with van der Waals surface area (Å²) >= 11 is 0. The minimum atomic E-state index is 0.437. The number of aromatic nitrogens is 3. The molecule has 3 heterocycles. The first-order valence-corrected chi connectivity index (χ1v) is 6.50. The molecule has 3 rings (SSSR count). The molecule has 0 radical (unpaired) electrons. The smallest absolute Gasteiger partial charge is 0.157 e. The molecule has 1 aliphatic heterocycles. The Morgan fingerprint density at radius 3 is 2.89 bits per heavy atom. The van der Waals surface area contributed by atoms with Crippen LogP contribution in [0.25, 0.3) is 5.65 Å². The predicted molar refractivity (Wildman–Crippen MR) is 71.5 cm³/mol. The Morgan fingerprint density at radius 1 is 1.39 bits per heavy atom. The van der Waals surface area contributed by atoms with Crippen molar-refractivity contribution in [3.8, 4) is 0 Å². The van der Waals surface area contributed by atoms with E-state index in [4.69, 9.17) is 5.73 Å². The maximum absolute atomic E-state index is 5.89. The highest BCUT2D eigenvalue weighted by Crippen LogP contribution is 2.26. The first-order valence-electron chi connectivity index (χ1n) is 6.50. The van der Waals surface area contributed by atoms with Gasteiger partial charge in [0.25, 0.3) is 0 Å². The number of anilines is 1. The molecule has 2 N–H and O–H groups in total. The van der Waals surface area contributed by atoms with Crippen LogP contribution in [0.4, 0.5) is 5.82 Å².